The van der Waals surface area contributed by atoms with Gasteiger partial charge >= 0.3 is 5.97 Å². The first-order valence-corrected chi connectivity index (χ1v) is 6.45. The Morgan fingerprint density at radius 1 is 1.69 bits per heavy atom. The largest absolute Gasteiger partial charge is 0.468 e. The summed E-state index contributed by atoms with van der Waals surface area (Å²) >= 11 is 1.61. The summed E-state index contributed by atoms with van der Waals surface area (Å²) in [7, 11) is 1.44. The zero-order valence-corrected chi connectivity index (χ0v) is 10.5. The van der Waals surface area contributed by atoms with E-state index in [4.69, 9.17) is 4.74 Å². The molecule has 0 saturated heterocycles. The van der Waals surface area contributed by atoms with E-state index in [1.807, 2.05) is 18.4 Å². The first-order chi connectivity index (χ1) is 7.72. The first-order valence-electron chi connectivity index (χ1n) is 5.57. The molecule has 1 aliphatic rings. The van der Waals surface area contributed by atoms with Crippen LogP contribution in [0.4, 0.5) is 0 Å². The Bertz CT molecular complexity index is 371. The molecule has 0 aromatic carbocycles. The molecule has 1 N–H and O–H groups in total. The molecule has 3 nitrogen and oxygen atoms in total. The van der Waals surface area contributed by atoms with E-state index in [1.54, 1.807) is 11.3 Å². The summed E-state index contributed by atoms with van der Waals surface area (Å²) in [6.45, 7) is 2.94. The van der Waals surface area contributed by atoms with Gasteiger partial charge in [-0.3, -0.25) is 5.32 Å². The normalized spacial score (nSPS) is 17.1. The average molecular weight is 239 g/mol. The van der Waals surface area contributed by atoms with Crippen LogP contribution in [0, 0.1) is 12.8 Å². The fourth-order valence-corrected chi connectivity index (χ4v) is 2.68. The first kappa shape index (κ1) is 11.6. The van der Waals surface area contributed by atoms with Gasteiger partial charge in [0.15, 0.2) is 0 Å². The van der Waals surface area contributed by atoms with Gasteiger partial charge in [-0.05, 0) is 49.2 Å². The number of ether oxygens (including phenoxy) is 1. The maximum absolute atomic E-state index is 11.7. The van der Waals surface area contributed by atoms with Crippen LogP contribution in [0.3, 0.4) is 0 Å². The van der Waals surface area contributed by atoms with E-state index in [0.717, 1.165) is 22.9 Å². The van der Waals surface area contributed by atoms with Crippen LogP contribution in [0.2, 0.25) is 0 Å². The number of hydrogen-bond acceptors (Lipinski definition) is 4. The standard InChI is InChI=1S/C12H17NO2S/c1-8-5-6-16-11(8)10(12(14)15-2)13-7-9-3-4-9/h5-6,9-10,13H,3-4,7H2,1-2H3. The van der Waals surface area contributed by atoms with E-state index in [0.29, 0.717) is 0 Å². The lowest BCUT2D eigenvalue weighted by molar-refractivity contribution is -0.143. The summed E-state index contributed by atoms with van der Waals surface area (Å²) in [6, 6.07) is 1.75. The second kappa shape index (κ2) is 4.97. The van der Waals surface area contributed by atoms with Crippen LogP contribution < -0.4 is 5.32 Å². The van der Waals surface area contributed by atoms with Crippen molar-refractivity contribution < 1.29 is 9.53 Å². The summed E-state index contributed by atoms with van der Waals surface area (Å²) in [4.78, 5) is 12.8. The van der Waals surface area contributed by atoms with Gasteiger partial charge in [0, 0.05) is 4.88 Å². The third kappa shape index (κ3) is 2.62. The van der Waals surface area contributed by atoms with Crippen LogP contribution in [0.5, 0.6) is 0 Å². The van der Waals surface area contributed by atoms with Crippen molar-refractivity contribution in [3.8, 4) is 0 Å². The van der Waals surface area contributed by atoms with Gasteiger partial charge < -0.3 is 4.74 Å². The minimum Gasteiger partial charge on any atom is -0.468 e. The molecule has 1 fully saturated rings. The highest BCUT2D eigenvalue weighted by Gasteiger charge is 2.27. The predicted molar refractivity (Wildman–Crippen MR) is 64.5 cm³/mol. The molecule has 1 saturated carbocycles. The van der Waals surface area contributed by atoms with E-state index >= 15 is 0 Å². The van der Waals surface area contributed by atoms with Crippen molar-refractivity contribution in [1.82, 2.24) is 5.32 Å². The smallest absolute Gasteiger partial charge is 0.328 e. The average Bonchev–Trinajstić information content (AvgIpc) is 3.02. The number of methoxy groups -OCH3 is 1. The van der Waals surface area contributed by atoms with E-state index < -0.39 is 0 Å². The lowest BCUT2D eigenvalue weighted by atomic mass is 10.1. The summed E-state index contributed by atoms with van der Waals surface area (Å²) in [5.41, 5.74) is 1.16. The molecule has 1 aliphatic carbocycles. The van der Waals surface area contributed by atoms with Crippen molar-refractivity contribution in [1.29, 1.82) is 0 Å². The van der Waals surface area contributed by atoms with Crippen LogP contribution in [-0.2, 0) is 9.53 Å². The number of rotatable bonds is 5. The van der Waals surface area contributed by atoms with Gasteiger partial charge in [0.05, 0.1) is 7.11 Å². The summed E-state index contributed by atoms with van der Waals surface area (Å²) < 4.78 is 4.85. The number of thiophene rings is 1. The van der Waals surface area contributed by atoms with Gasteiger partial charge in [0.2, 0.25) is 0 Å². The zero-order valence-electron chi connectivity index (χ0n) is 9.66. The van der Waals surface area contributed by atoms with E-state index in [-0.39, 0.29) is 12.0 Å². The number of aryl methyl sites for hydroxylation is 1. The quantitative estimate of drug-likeness (QED) is 0.801. The fraction of sp³-hybridized carbons (Fsp3) is 0.583. The molecule has 0 aliphatic heterocycles. The highest BCUT2D eigenvalue weighted by atomic mass is 32.1. The van der Waals surface area contributed by atoms with Crippen LogP contribution in [0.25, 0.3) is 0 Å². The van der Waals surface area contributed by atoms with Gasteiger partial charge in [0.25, 0.3) is 0 Å². The molecule has 16 heavy (non-hydrogen) atoms. The van der Waals surface area contributed by atoms with Crippen LogP contribution in [0.1, 0.15) is 29.3 Å². The van der Waals surface area contributed by atoms with Gasteiger partial charge in [-0.15, -0.1) is 11.3 Å². The second-order valence-corrected chi connectivity index (χ2v) is 5.22. The molecule has 1 heterocycles. The Morgan fingerprint density at radius 2 is 2.44 bits per heavy atom. The highest BCUT2D eigenvalue weighted by molar-refractivity contribution is 7.10. The molecule has 2 rings (SSSR count). The van der Waals surface area contributed by atoms with Gasteiger partial charge in [0.1, 0.15) is 6.04 Å². The Hall–Kier alpha value is -0.870. The third-order valence-electron chi connectivity index (χ3n) is 2.91. The van der Waals surface area contributed by atoms with Crippen molar-refractivity contribution in [2.45, 2.75) is 25.8 Å². The molecule has 0 bridgehead atoms. The Labute approximate surface area is 99.8 Å². The van der Waals surface area contributed by atoms with Crippen molar-refractivity contribution in [3.63, 3.8) is 0 Å². The number of nitrogens with one attached hydrogen (secondary N) is 1. The lowest BCUT2D eigenvalue weighted by Crippen LogP contribution is -2.30. The molecule has 88 valence electrons. The fourth-order valence-electron chi connectivity index (χ4n) is 1.69. The Morgan fingerprint density at radius 3 is 2.94 bits per heavy atom. The topological polar surface area (TPSA) is 38.3 Å². The highest BCUT2D eigenvalue weighted by Crippen LogP contribution is 2.30. The monoisotopic (exact) mass is 239 g/mol. The van der Waals surface area contributed by atoms with Crippen LogP contribution >= 0.6 is 11.3 Å². The molecule has 0 spiro atoms. The van der Waals surface area contributed by atoms with Crippen LogP contribution in [-0.4, -0.2) is 19.6 Å². The van der Waals surface area contributed by atoms with Crippen LogP contribution in [0.15, 0.2) is 11.4 Å². The second-order valence-electron chi connectivity index (χ2n) is 4.28. The Balaban J connectivity index is 2.06. The lowest BCUT2D eigenvalue weighted by Gasteiger charge is -2.15. The maximum Gasteiger partial charge on any atom is 0.328 e. The number of carbonyl (C=O) groups excluding carboxylic acids is 1. The summed E-state index contributed by atoms with van der Waals surface area (Å²) in [5, 5.41) is 5.32. The van der Waals surface area contributed by atoms with Crippen molar-refractivity contribution in [2.75, 3.05) is 13.7 Å². The van der Waals surface area contributed by atoms with Crippen molar-refractivity contribution in [2.24, 2.45) is 5.92 Å². The minimum absolute atomic E-state index is 0.189. The molecule has 1 aromatic rings. The third-order valence-corrected chi connectivity index (χ3v) is 3.99. The molecule has 4 heteroatoms. The van der Waals surface area contributed by atoms with Gasteiger partial charge in [-0.1, -0.05) is 0 Å². The number of esters is 1. The summed E-state index contributed by atoms with van der Waals surface area (Å²) in [6.07, 6.45) is 2.56. The van der Waals surface area contributed by atoms with Gasteiger partial charge in [-0.2, -0.15) is 0 Å². The minimum atomic E-state index is -0.286. The number of hydrogen-bond donors (Lipinski definition) is 1. The van der Waals surface area contributed by atoms with E-state index in [2.05, 4.69) is 5.32 Å². The maximum atomic E-state index is 11.7. The van der Waals surface area contributed by atoms with E-state index in [1.165, 1.54) is 20.0 Å². The molecular formula is C12H17NO2S. The summed E-state index contributed by atoms with van der Waals surface area (Å²) in [5.74, 6) is 0.568. The predicted octanol–water partition coefficient (Wildman–Crippen LogP) is 2.27. The molecule has 1 unspecified atom stereocenters. The number of carbonyl (C=O) groups is 1. The van der Waals surface area contributed by atoms with E-state index in [9.17, 15) is 4.79 Å². The molecule has 1 atom stereocenters. The SMILES string of the molecule is COC(=O)C(NCC1CC1)c1sccc1C. The molecule has 0 amide bonds. The molecule has 1 aromatic heterocycles. The molecular weight excluding hydrogens is 222 g/mol. The van der Waals surface area contributed by atoms with Crippen molar-refractivity contribution >= 4 is 17.3 Å². The zero-order chi connectivity index (χ0) is 11.5. The van der Waals surface area contributed by atoms with Gasteiger partial charge in [-0.25, -0.2) is 4.79 Å². The molecule has 0 radical (unpaired) electrons. The Kier molecular flexibility index (Phi) is 3.61. The van der Waals surface area contributed by atoms with Crippen molar-refractivity contribution in [3.05, 3.63) is 21.9 Å².